The quantitative estimate of drug-likeness (QED) is 0.670. The van der Waals surface area contributed by atoms with E-state index in [1.54, 1.807) is 25.3 Å². The number of methoxy groups -OCH3 is 1. The van der Waals surface area contributed by atoms with Gasteiger partial charge in [0.25, 0.3) is 11.8 Å². The summed E-state index contributed by atoms with van der Waals surface area (Å²) in [6.45, 7) is 4.34. The Labute approximate surface area is 169 Å². The standard InChI is InChI=1S/C23H23N3O3/c1-15-7-10-18(13-16(15)2)25-23(28)21-6-4-5-20(26-21)22(27)24-14-17-8-11-19(29-3)12-9-17/h4-13H,14H2,1-3H3,(H,24,27)(H,25,28). The maximum atomic E-state index is 12.5. The molecule has 0 radical (unpaired) electrons. The molecule has 3 aromatic rings. The van der Waals surface area contributed by atoms with E-state index in [-0.39, 0.29) is 23.2 Å². The van der Waals surface area contributed by atoms with Crippen LogP contribution >= 0.6 is 0 Å². The SMILES string of the molecule is COc1ccc(CNC(=O)c2cccc(C(=O)Nc3ccc(C)c(C)c3)n2)cc1. The van der Waals surface area contributed by atoms with Crippen LogP contribution in [0.25, 0.3) is 0 Å². The van der Waals surface area contributed by atoms with Gasteiger partial charge in [0, 0.05) is 12.2 Å². The minimum absolute atomic E-state index is 0.181. The largest absolute Gasteiger partial charge is 0.497 e. The molecule has 0 bridgehead atoms. The Bertz CT molecular complexity index is 1030. The summed E-state index contributed by atoms with van der Waals surface area (Å²) in [4.78, 5) is 29.1. The van der Waals surface area contributed by atoms with E-state index in [0.717, 1.165) is 22.4 Å². The summed E-state index contributed by atoms with van der Waals surface area (Å²) >= 11 is 0. The predicted molar refractivity (Wildman–Crippen MR) is 112 cm³/mol. The molecule has 29 heavy (non-hydrogen) atoms. The molecule has 0 aliphatic rings. The number of aromatic nitrogens is 1. The first-order chi connectivity index (χ1) is 14.0. The maximum absolute atomic E-state index is 12.5. The molecule has 6 heteroatoms. The van der Waals surface area contributed by atoms with E-state index >= 15 is 0 Å². The molecular formula is C23H23N3O3. The van der Waals surface area contributed by atoms with Gasteiger partial charge in [-0.3, -0.25) is 9.59 Å². The molecule has 2 aromatic carbocycles. The van der Waals surface area contributed by atoms with Crippen molar-refractivity contribution in [1.29, 1.82) is 0 Å². The summed E-state index contributed by atoms with van der Waals surface area (Å²) in [5.74, 6) is 0.0453. The number of nitrogens with one attached hydrogen (secondary N) is 2. The number of hydrogen-bond acceptors (Lipinski definition) is 4. The molecule has 0 aliphatic heterocycles. The highest BCUT2D eigenvalue weighted by Crippen LogP contribution is 2.15. The van der Waals surface area contributed by atoms with Gasteiger partial charge in [0.15, 0.2) is 0 Å². The Morgan fingerprint density at radius 2 is 1.59 bits per heavy atom. The van der Waals surface area contributed by atoms with Crippen LogP contribution in [0.15, 0.2) is 60.7 Å². The Hall–Kier alpha value is -3.67. The van der Waals surface area contributed by atoms with Crippen LogP contribution in [-0.2, 0) is 6.54 Å². The molecule has 0 aliphatic carbocycles. The van der Waals surface area contributed by atoms with Crippen molar-refractivity contribution in [2.45, 2.75) is 20.4 Å². The third-order valence-corrected chi connectivity index (χ3v) is 4.59. The number of aryl methyl sites for hydroxylation is 2. The van der Waals surface area contributed by atoms with Gasteiger partial charge in [0.2, 0.25) is 0 Å². The number of carbonyl (C=O) groups is 2. The molecule has 0 saturated carbocycles. The minimum Gasteiger partial charge on any atom is -0.497 e. The van der Waals surface area contributed by atoms with Crippen LogP contribution in [0.5, 0.6) is 5.75 Å². The number of amides is 2. The fourth-order valence-electron chi connectivity index (χ4n) is 2.72. The average Bonchev–Trinajstić information content (AvgIpc) is 2.75. The number of carbonyl (C=O) groups excluding carboxylic acids is 2. The van der Waals surface area contributed by atoms with E-state index in [0.29, 0.717) is 12.2 Å². The fraction of sp³-hybridized carbons (Fsp3) is 0.174. The molecule has 2 amide bonds. The number of hydrogen-bond donors (Lipinski definition) is 2. The molecule has 0 spiro atoms. The third-order valence-electron chi connectivity index (χ3n) is 4.59. The van der Waals surface area contributed by atoms with Crippen LogP contribution in [0.1, 0.15) is 37.7 Å². The Morgan fingerprint density at radius 3 is 2.24 bits per heavy atom. The summed E-state index contributed by atoms with van der Waals surface area (Å²) in [7, 11) is 1.60. The van der Waals surface area contributed by atoms with Crippen molar-refractivity contribution >= 4 is 17.5 Å². The van der Waals surface area contributed by atoms with E-state index in [1.807, 2.05) is 56.3 Å². The molecule has 0 fully saturated rings. The van der Waals surface area contributed by atoms with Crippen LogP contribution in [0, 0.1) is 13.8 Å². The van der Waals surface area contributed by atoms with Crippen LogP contribution in [0.4, 0.5) is 5.69 Å². The highest BCUT2D eigenvalue weighted by Gasteiger charge is 2.13. The van der Waals surface area contributed by atoms with Gasteiger partial charge in [-0.2, -0.15) is 0 Å². The first kappa shape index (κ1) is 20.1. The first-order valence-corrected chi connectivity index (χ1v) is 9.23. The Balaban J connectivity index is 1.64. The summed E-state index contributed by atoms with van der Waals surface area (Å²) in [6, 6.07) is 17.9. The second-order valence-electron chi connectivity index (χ2n) is 6.69. The van der Waals surface area contributed by atoms with Crippen molar-refractivity contribution in [3.63, 3.8) is 0 Å². The minimum atomic E-state index is -0.363. The van der Waals surface area contributed by atoms with Crippen molar-refractivity contribution < 1.29 is 14.3 Å². The topological polar surface area (TPSA) is 80.3 Å². The number of ether oxygens (including phenoxy) is 1. The van der Waals surface area contributed by atoms with E-state index in [1.165, 1.54) is 0 Å². The fourth-order valence-corrected chi connectivity index (χ4v) is 2.72. The number of rotatable bonds is 6. The lowest BCUT2D eigenvalue weighted by Gasteiger charge is -2.09. The van der Waals surface area contributed by atoms with Crippen LogP contribution in [0.2, 0.25) is 0 Å². The number of pyridine rings is 1. The van der Waals surface area contributed by atoms with Gasteiger partial charge in [-0.05, 0) is 66.9 Å². The Morgan fingerprint density at radius 1 is 0.897 bits per heavy atom. The molecule has 1 heterocycles. The van der Waals surface area contributed by atoms with Gasteiger partial charge in [0.1, 0.15) is 17.1 Å². The van der Waals surface area contributed by atoms with Crippen molar-refractivity contribution in [2.24, 2.45) is 0 Å². The first-order valence-electron chi connectivity index (χ1n) is 9.23. The van der Waals surface area contributed by atoms with Gasteiger partial charge in [-0.15, -0.1) is 0 Å². The van der Waals surface area contributed by atoms with Crippen molar-refractivity contribution in [2.75, 3.05) is 12.4 Å². The van der Waals surface area contributed by atoms with E-state index < -0.39 is 0 Å². The highest BCUT2D eigenvalue weighted by molar-refractivity contribution is 6.03. The zero-order chi connectivity index (χ0) is 20.8. The molecule has 3 rings (SSSR count). The lowest BCUT2D eigenvalue weighted by atomic mass is 10.1. The molecule has 6 nitrogen and oxygen atoms in total. The summed E-state index contributed by atoms with van der Waals surface area (Å²) in [5, 5.41) is 5.62. The molecular weight excluding hydrogens is 366 g/mol. The van der Waals surface area contributed by atoms with Gasteiger partial charge in [-0.25, -0.2) is 4.98 Å². The lowest BCUT2D eigenvalue weighted by Crippen LogP contribution is -2.25. The summed E-state index contributed by atoms with van der Waals surface area (Å²) in [5.41, 5.74) is 4.22. The molecule has 1 aromatic heterocycles. The maximum Gasteiger partial charge on any atom is 0.274 e. The number of nitrogens with zero attached hydrogens (tertiary/aromatic N) is 1. The normalized spacial score (nSPS) is 10.3. The van der Waals surface area contributed by atoms with Crippen molar-refractivity contribution in [3.8, 4) is 5.75 Å². The molecule has 148 valence electrons. The van der Waals surface area contributed by atoms with Gasteiger partial charge in [-0.1, -0.05) is 24.3 Å². The van der Waals surface area contributed by atoms with E-state index in [4.69, 9.17) is 4.74 Å². The van der Waals surface area contributed by atoms with Crippen molar-refractivity contribution in [1.82, 2.24) is 10.3 Å². The van der Waals surface area contributed by atoms with Crippen LogP contribution in [-0.4, -0.2) is 23.9 Å². The van der Waals surface area contributed by atoms with Gasteiger partial charge < -0.3 is 15.4 Å². The molecule has 2 N–H and O–H groups in total. The average molecular weight is 389 g/mol. The number of benzene rings is 2. The second kappa shape index (κ2) is 9.01. The predicted octanol–water partition coefficient (Wildman–Crippen LogP) is 3.89. The van der Waals surface area contributed by atoms with Crippen molar-refractivity contribution in [3.05, 3.63) is 88.7 Å². The zero-order valence-electron chi connectivity index (χ0n) is 16.7. The second-order valence-corrected chi connectivity index (χ2v) is 6.69. The number of anilines is 1. The smallest absolute Gasteiger partial charge is 0.274 e. The third kappa shape index (κ3) is 5.19. The van der Waals surface area contributed by atoms with Crippen LogP contribution in [0.3, 0.4) is 0 Å². The molecule has 0 atom stereocenters. The van der Waals surface area contributed by atoms with Crippen LogP contribution < -0.4 is 15.4 Å². The van der Waals surface area contributed by atoms with Gasteiger partial charge in [0.05, 0.1) is 7.11 Å². The highest BCUT2D eigenvalue weighted by atomic mass is 16.5. The van der Waals surface area contributed by atoms with Gasteiger partial charge >= 0.3 is 0 Å². The lowest BCUT2D eigenvalue weighted by molar-refractivity contribution is 0.0945. The van der Waals surface area contributed by atoms with E-state index in [2.05, 4.69) is 15.6 Å². The summed E-state index contributed by atoms with van der Waals surface area (Å²) < 4.78 is 5.12. The molecule has 0 saturated heterocycles. The summed E-state index contributed by atoms with van der Waals surface area (Å²) in [6.07, 6.45) is 0. The Kier molecular flexibility index (Phi) is 6.24. The van der Waals surface area contributed by atoms with E-state index in [9.17, 15) is 9.59 Å². The molecule has 0 unspecified atom stereocenters. The zero-order valence-corrected chi connectivity index (χ0v) is 16.7. The monoisotopic (exact) mass is 389 g/mol.